The molecule has 0 aromatic carbocycles. The molecule has 0 aromatic heterocycles. The molecule has 0 saturated carbocycles. The third-order valence-corrected chi connectivity index (χ3v) is 4.81. The third-order valence-electron chi connectivity index (χ3n) is 1.99. The van der Waals surface area contributed by atoms with Crippen molar-refractivity contribution in [3.63, 3.8) is 0 Å². The van der Waals surface area contributed by atoms with Crippen molar-refractivity contribution in [2.24, 2.45) is 10.8 Å². The van der Waals surface area contributed by atoms with Crippen molar-refractivity contribution in [1.82, 2.24) is 0 Å². The monoisotopic (exact) mass is 300 g/mol. The summed E-state index contributed by atoms with van der Waals surface area (Å²) in [6, 6.07) is 0. The van der Waals surface area contributed by atoms with Gasteiger partial charge in [-0.05, 0) is 0 Å². The topological polar surface area (TPSA) is 0 Å². The Morgan fingerprint density at radius 2 is 1.00 bits per heavy atom. The molecule has 0 nitrogen and oxygen atoms in total. The van der Waals surface area contributed by atoms with Crippen molar-refractivity contribution in [3.05, 3.63) is 0 Å². The standard InChI is InChI=1S/C12H26Te/c1-11(2,3)7-9-13-10-8-12(4,5)6/h7-10H2,1-6H3. The van der Waals surface area contributed by atoms with Gasteiger partial charge in [0, 0.05) is 0 Å². The van der Waals surface area contributed by atoms with Crippen molar-refractivity contribution in [3.8, 4) is 0 Å². The van der Waals surface area contributed by atoms with Crippen molar-refractivity contribution >= 4 is 20.9 Å². The molecule has 0 bridgehead atoms. The fraction of sp³-hybridized carbons (Fsp3) is 1.00. The Morgan fingerprint density at radius 3 is 1.23 bits per heavy atom. The Labute approximate surface area is 95.0 Å². The molecule has 0 radical (unpaired) electrons. The Morgan fingerprint density at radius 1 is 0.692 bits per heavy atom. The molecular weight excluding hydrogens is 272 g/mol. The van der Waals surface area contributed by atoms with Crippen LogP contribution in [0.25, 0.3) is 0 Å². The zero-order valence-electron chi connectivity index (χ0n) is 10.2. The van der Waals surface area contributed by atoms with Crippen LogP contribution in [0.1, 0.15) is 54.4 Å². The van der Waals surface area contributed by atoms with Gasteiger partial charge in [-0.3, -0.25) is 0 Å². The predicted molar refractivity (Wildman–Crippen MR) is 63.5 cm³/mol. The summed E-state index contributed by atoms with van der Waals surface area (Å²) in [5, 5.41) is 0. The summed E-state index contributed by atoms with van der Waals surface area (Å²) in [5.41, 5.74) is 1.12. The molecule has 0 rings (SSSR count). The number of hydrogen-bond donors (Lipinski definition) is 0. The summed E-state index contributed by atoms with van der Waals surface area (Å²) in [6.07, 6.45) is 2.86. The first-order chi connectivity index (χ1) is 5.71. The molecular formula is C12H26Te. The minimum atomic E-state index is 0.326. The van der Waals surface area contributed by atoms with Crippen LogP contribution in [0, 0.1) is 10.8 Å². The van der Waals surface area contributed by atoms with Crippen molar-refractivity contribution in [2.75, 3.05) is 0 Å². The molecule has 80 valence electrons. The van der Waals surface area contributed by atoms with Gasteiger partial charge in [0.25, 0.3) is 0 Å². The molecule has 0 amide bonds. The van der Waals surface area contributed by atoms with Crippen LogP contribution in [0.3, 0.4) is 0 Å². The maximum absolute atomic E-state index is 2.35. The van der Waals surface area contributed by atoms with E-state index in [1.165, 1.54) is 21.8 Å². The van der Waals surface area contributed by atoms with E-state index in [2.05, 4.69) is 41.5 Å². The average Bonchev–Trinajstić information content (AvgIpc) is 1.81. The van der Waals surface area contributed by atoms with Gasteiger partial charge in [-0.1, -0.05) is 0 Å². The van der Waals surface area contributed by atoms with Gasteiger partial charge in [0.2, 0.25) is 0 Å². The van der Waals surface area contributed by atoms with Crippen LogP contribution in [-0.2, 0) is 0 Å². The Kier molecular flexibility index (Phi) is 5.96. The van der Waals surface area contributed by atoms with E-state index in [4.69, 9.17) is 0 Å². The molecule has 0 heterocycles. The van der Waals surface area contributed by atoms with Crippen LogP contribution in [0.4, 0.5) is 0 Å². The van der Waals surface area contributed by atoms with E-state index in [1.807, 2.05) is 0 Å². The first-order valence-electron chi connectivity index (χ1n) is 5.28. The molecule has 0 aliphatic heterocycles. The number of hydrogen-bond acceptors (Lipinski definition) is 0. The van der Waals surface area contributed by atoms with E-state index in [9.17, 15) is 0 Å². The summed E-state index contributed by atoms with van der Waals surface area (Å²) in [5.74, 6) is 0. The van der Waals surface area contributed by atoms with E-state index < -0.39 is 0 Å². The van der Waals surface area contributed by atoms with Gasteiger partial charge in [0.15, 0.2) is 0 Å². The van der Waals surface area contributed by atoms with E-state index in [-0.39, 0.29) is 0 Å². The molecule has 0 N–H and O–H groups in total. The summed E-state index contributed by atoms with van der Waals surface area (Å²) in [7, 11) is 0. The first-order valence-corrected chi connectivity index (χ1v) is 8.58. The van der Waals surface area contributed by atoms with Crippen LogP contribution in [-0.4, -0.2) is 20.9 Å². The second-order valence-electron chi connectivity index (χ2n) is 6.23. The van der Waals surface area contributed by atoms with E-state index in [1.54, 1.807) is 0 Å². The predicted octanol–water partition coefficient (Wildman–Crippen LogP) is 4.40. The van der Waals surface area contributed by atoms with Crippen molar-refractivity contribution in [1.29, 1.82) is 0 Å². The van der Waals surface area contributed by atoms with Gasteiger partial charge >= 0.3 is 95.1 Å². The van der Waals surface area contributed by atoms with E-state index >= 15 is 0 Å². The van der Waals surface area contributed by atoms with Crippen molar-refractivity contribution in [2.45, 2.75) is 63.3 Å². The third kappa shape index (κ3) is 12.8. The zero-order chi connectivity index (χ0) is 10.5. The van der Waals surface area contributed by atoms with Crippen LogP contribution >= 0.6 is 0 Å². The zero-order valence-corrected chi connectivity index (χ0v) is 12.6. The quantitative estimate of drug-likeness (QED) is 0.533. The Bertz CT molecular complexity index is 109. The van der Waals surface area contributed by atoms with Gasteiger partial charge in [0.1, 0.15) is 0 Å². The van der Waals surface area contributed by atoms with Crippen molar-refractivity contribution < 1.29 is 0 Å². The van der Waals surface area contributed by atoms with Gasteiger partial charge in [-0.25, -0.2) is 0 Å². The molecule has 0 aliphatic carbocycles. The SMILES string of the molecule is CC(C)(C)CC[Te]CCC(C)(C)C. The molecule has 1 heteroatoms. The van der Waals surface area contributed by atoms with E-state index in [0.29, 0.717) is 31.8 Å². The minimum absolute atomic E-state index is 0.326. The Hall–Kier alpha value is 0.790. The van der Waals surface area contributed by atoms with Crippen LogP contribution in [0.5, 0.6) is 0 Å². The summed E-state index contributed by atoms with van der Waals surface area (Å²) in [4.78, 5) is 0. The van der Waals surface area contributed by atoms with Crippen LogP contribution in [0.2, 0.25) is 8.94 Å². The van der Waals surface area contributed by atoms with E-state index in [0.717, 1.165) is 0 Å². The normalized spacial score (nSPS) is 13.4. The molecule has 0 aromatic rings. The molecule has 0 fully saturated rings. The van der Waals surface area contributed by atoms with Gasteiger partial charge < -0.3 is 0 Å². The Balaban J connectivity index is 3.28. The first kappa shape index (κ1) is 13.8. The second kappa shape index (κ2) is 5.62. The molecule has 0 spiro atoms. The molecule has 13 heavy (non-hydrogen) atoms. The molecule has 0 aliphatic rings. The van der Waals surface area contributed by atoms with Crippen LogP contribution in [0.15, 0.2) is 0 Å². The van der Waals surface area contributed by atoms with Gasteiger partial charge in [-0.2, -0.15) is 0 Å². The molecule has 0 atom stereocenters. The fourth-order valence-electron chi connectivity index (χ4n) is 0.859. The summed E-state index contributed by atoms with van der Waals surface area (Å²) in [6.45, 7) is 14.1. The molecule has 0 unspecified atom stereocenters. The summed E-state index contributed by atoms with van der Waals surface area (Å²) < 4.78 is 3.06. The second-order valence-corrected chi connectivity index (χ2v) is 9.73. The van der Waals surface area contributed by atoms with Gasteiger partial charge in [-0.15, -0.1) is 0 Å². The fourth-order valence-corrected chi connectivity index (χ4v) is 5.76. The summed E-state index contributed by atoms with van der Waals surface area (Å²) >= 11 is 0.326. The average molecular weight is 298 g/mol. The van der Waals surface area contributed by atoms with Crippen LogP contribution < -0.4 is 0 Å². The maximum atomic E-state index is 2.35. The van der Waals surface area contributed by atoms with Gasteiger partial charge in [0.05, 0.1) is 0 Å². The number of rotatable bonds is 4. The molecule has 0 saturated heterocycles.